The van der Waals surface area contributed by atoms with Crippen LogP contribution in [0.25, 0.3) is 22.3 Å². The molecule has 2 aromatic heterocycles. The highest BCUT2D eigenvalue weighted by Crippen LogP contribution is 2.39. The lowest BCUT2D eigenvalue weighted by Gasteiger charge is -2.31. The normalized spacial score (nSPS) is 17.5. The number of aliphatic hydroxyl groups is 1. The third-order valence-electron chi connectivity index (χ3n) is 7.01. The molecule has 3 aromatic rings. The van der Waals surface area contributed by atoms with Crippen LogP contribution in [0.1, 0.15) is 61.8 Å². The van der Waals surface area contributed by atoms with Crippen LogP contribution in [-0.2, 0) is 34.8 Å². The number of hydrogen-bond donors (Lipinski definition) is 2. The molecule has 0 fully saturated rings. The minimum Gasteiger partial charge on any atom is -0.508 e. The van der Waals surface area contributed by atoms with Crippen molar-refractivity contribution < 1.29 is 19.7 Å². The van der Waals surface area contributed by atoms with Crippen molar-refractivity contribution in [2.24, 2.45) is 0 Å². The molecule has 0 unspecified atom stereocenters. The second kappa shape index (κ2) is 10.5. The molecule has 2 N–H and O–H groups in total. The summed E-state index contributed by atoms with van der Waals surface area (Å²) in [6.45, 7) is 8.19. The number of esters is 1. The summed E-state index contributed by atoms with van der Waals surface area (Å²) in [4.78, 5) is 32.3. The molecule has 2 aliphatic rings. The van der Waals surface area contributed by atoms with Crippen LogP contribution in [0.15, 0.2) is 41.7 Å². The van der Waals surface area contributed by atoms with Gasteiger partial charge in [0.05, 0.1) is 29.0 Å². The van der Waals surface area contributed by atoms with Crippen LogP contribution < -0.4 is 5.56 Å². The number of allylic oxidation sites excluding steroid dienone is 1. The number of nitrogens with zero attached hydrogens (tertiary/aromatic N) is 3. The van der Waals surface area contributed by atoms with Gasteiger partial charge in [-0.3, -0.25) is 4.79 Å². The van der Waals surface area contributed by atoms with Crippen LogP contribution in [0.3, 0.4) is 0 Å². The van der Waals surface area contributed by atoms with E-state index >= 15 is 0 Å². The Morgan fingerprint density at radius 3 is 2.62 bits per heavy atom. The summed E-state index contributed by atoms with van der Waals surface area (Å²) in [5.74, 6) is -0.532. The number of carbonyl (C=O) groups excluding carboxylic acids is 1. The zero-order chi connectivity index (χ0) is 26.9. The third kappa shape index (κ3) is 4.67. The van der Waals surface area contributed by atoms with E-state index in [1.165, 1.54) is 19.3 Å². The van der Waals surface area contributed by atoms with E-state index in [1.54, 1.807) is 29.7 Å². The van der Waals surface area contributed by atoms with Crippen molar-refractivity contribution in [3.63, 3.8) is 0 Å². The lowest BCUT2D eigenvalue weighted by atomic mass is 9.86. The molecular weight excluding hydrogens is 470 g/mol. The van der Waals surface area contributed by atoms with Crippen LogP contribution >= 0.6 is 0 Å². The zero-order valence-corrected chi connectivity index (χ0v) is 22.0. The molecule has 0 aliphatic carbocycles. The zero-order valence-electron chi connectivity index (χ0n) is 22.0. The van der Waals surface area contributed by atoms with Gasteiger partial charge in [0.2, 0.25) is 0 Å². The predicted molar refractivity (Wildman–Crippen MR) is 143 cm³/mol. The Morgan fingerprint density at radius 1 is 1.24 bits per heavy atom. The quantitative estimate of drug-likeness (QED) is 0.230. The fourth-order valence-electron chi connectivity index (χ4n) is 4.93. The molecule has 8 nitrogen and oxygen atoms in total. The average Bonchev–Trinajstić information content (AvgIpc) is 3.24. The molecule has 1 atom stereocenters. The van der Waals surface area contributed by atoms with Gasteiger partial charge in [0, 0.05) is 28.6 Å². The number of aromatic nitrogens is 2. The Labute approximate surface area is 216 Å². The van der Waals surface area contributed by atoms with E-state index in [-0.39, 0.29) is 24.3 Å². The van der Waals surface area contributed by atoms with Crippen LogP contribution in [0.5, 0.6) is 5.75 Å². The first-order chi connectivity index (χ1) is 17.7. The number of fused-ring (bicyclic) bond motifs is 5. The van der Waals surface area contributed by atoms with Crippen molar-refractivity contribution >= 4 is 16.9 Å². The van der Waals surface area contributed by atoms with Crippen molar-refractivity contribution in [2.75, 3.05) is 14.1 Å². The lowest BCUT2D eigenvalue weighted by Crippen LogP contribution is -2.44. The van der Waals surface area contributed by atoms with Gasteiger partial charge in [0.1, 0.15) is 12.4 Å². The molecule has 0 radical (unpaired) electrons. The summed E-state index contributed by atoms with van der Waals surface area (Å²) in [6, 6.07) is 7.05. The van der Waals surface area contributed by atoms with Gasteiger partial charge in [-0.25, -0.2) is 9.78 Å². The first-order valence-electron chi connectivity index (χ1n) is 12.7. The highest BCUT2D eigenvalue weighted by molar-refractivity contribution is 5.89. The first kappa shape index (κ1) is 26.6. The van der Waals surface area contributed by atoms with Crippen molar-refractivity contribution in [1.82, 2.24) is 14.5 Å². The maximum Gasteiger partial charge on any atom is 0.343 e. The van der Waals surface area contributed by atoms with Gasteiger partial charge < -0.3 is 24.4 Å². The molecule has 0 spiro atoms. The number of benzene rings is 1. The van der Waals surface area contributed by atoms with E-state index in [0.29, 0.717) is 41.1 Å². The van der Waals surface area contributed by atoms with Gasteiger partial charge in [-0.15, -0.1) is 6.58 Å². The number of cyclic esters (lactones) is 1. The minimum atomic E-state index is -1.84. The van der Waals surface area contributed by atoms with Crippen molar-refractivity contribution in [1.29, 1.82) is 0 Å². The predicted octanol–water partition coefficient (Wildman–Crippen LogP) is 4.21. The van der Waals surface area contributed by atoms with E-state index in [9.17, 15) is 19.8 Å². The molecule has 8 heteroatoms. The molecule has 5 rings (SSSR count). The maximum atomic E-state index is 13.2. The fourth-order valence-corrected chi connectivity index (χ4v) is 4.93. The van der Waals surface area contributed by atoms with E-state index in [1.807, 2.05) is 31.1 Å². The van der Waals surface area contributed by atoms with E-state index in [4.69, 9.17) is 9.72 Å². The molecule has 1 aromatic carbocycles. The van der Waals surface area contributed by atoms with Gasteiger partial charge in [-0.1, -0.05) is 32.8 Å². The van der Waals surface area contributed by atoms with Gasteiger partial charge >= 0.3 is 5.97 Å². The van der Waals surface area contributed by atoms with Gasteiger partial charge in [-0.05, 0) is 51.2 Å². The summed E-state index contributed by atoms with van der Waals surface area (Å²) < 4.78 is 6.71. The van der Waals surface area contributed by atoms with Crippen LogP contribution in [0.2, 0.25) is 0 Å². The van der Waals surface area contributed by atoms with E-state index < -0.39 is 11.6 Å². The molecule has 0 amide bonds. The summed E-state index contributed by atoms with van der Waals surface area (Å²) in [6.07, 6.45) is 5.82. The smallest absolute Gasteiger partial charge is 0.343 e. The Morgan fingerprint density at radius 2 is 2.00 bits per heavy atom. The van der Waals surface area contributed by atoms with Gasteiger partial charge in [0.25, 0.3) is 5.56 Å². The van der Waals surface area contributed by atoms with Crippen molar-refractivity contribution in [3.8, 4) is 17.1 Å². The van der Waals surface area contributed by atoms with Gasteiger partial charge in [0.15, 0.2) is 5.60 Å². The Kier molecular flexibility index (Phi) is 7.52. The molecule has 0 bridgehead atoms. The minimum absolute atomic E-state index is 0.104. The number of rotatable bonds is 6. The molecule has 0 saturated heterocycles. The van der Waals surface area contributed by atoms with Gasteiger partial charge in [-0.2, -0.15) is 0 Å². The van der Waals surface area contributed by atoms with Crippen molar-refractivity contribution in [2.45, 2.75) is 64.8 Å². The lowest BCUT2D eigenvalue weighted by molar-refractivity contribution is -0.172. The second-order valence-electron chi connectivity index (χ2n) is 9.90. The number of phenols is 1. The van der Waals surface area contributed by atoms with Crippen LogP contribution in [0, 0.1) is 0 Å². The third-order valence-corrected chi connectivity index (χ3v) is 7.01. The summed E-state index contributed by atoms with van der Waals surface area (Å²) >= 11 is 0. The largest absolute Gasteiger partial charge is 0.508 e. The SMILES string of the molecule is C=CCCCC.CC[C@@]1(O)C(=O)OCc2c1cc1n(c2=O)Cc2cc3c(CN(C)C)c(O)ccc3nc2-1. The number of pyridine rings is 2. The molecule has 2 aliphatic heterocycles. The monoisotopic (exact) mass is 505 g/mol. The second-order valence-corrected chi connectivity index (χ2v) is 9.90. The molecule has 37 heavy (non-hydrogen) atoms. The van der Waals surface area contributed by atoms with E-state index in [0.717, 1.165) is 16.5 Å². The standard InChI is InChI=1S/C23H23N3O5.C6H12/c1-4-23(30)16-8-18-20-12(9-26(18)21(28)15(16)11-31-22(23)29)7-13-14(10-25(2)3)19(27)6-5-17(13)24-20;1-3-5-6-4-2/h5-8,27,30H,4,9-11H2,1-3H3;3H,1,4-6H2,2H3/t23-;/m0./s1. The number of carbonyl (C=O) groups is 1. The summed E-state index contributed by atoms with van der Waals surface area (Å²) in [7, 11) is 3.86. The number of phenolic OH excluding ortho intramolecular Hbond substituents is 1. The summed E-state index contributed by atoms with van der Waals surface area (Å²) in [5, 5.41) is 22.2. The molecular formula is C29H35N3O5. The Bertz CT molecular complexity index is 1430. The fraction of sp³-hybridized carbons (Fsp3) is 0.414. The van der Waals surface area contributed by atoms with Crippen LogP contribution in [0.4, 0.5) is 0 Å². The van der Waals surface area contributed by atoms with Crippen molar-refractivity contribution in [3.05, 3.63) is 69.5 Å². The number of aromatic hydroxyl groups is 1. The molecule has 196 valence electrons. The molecule has 4 heterocycles. The number of ether oxygens (including phenoxy) is 1. The van der Waals surface area contributed by atoms with E-state index in [2.05, 4.69) is 13.5 Å². The summed E-state index contributed by atoms with van der Waals surface area (Å²) in [5.41, 5.74) is 2.03. The molecule has 0 saturated carbocycles. The van der Waals surface area contributed by atoms with Crippen LogP contribution in [-0.4, -0.2) is 44.7 Å². The average molecular weight is 506 g/mol. The highest BCUT2D eigenvalue weighted by Gasteiger charge is 2.45. The topological polar surface area (TPSA) is 105 Å². The Hall–Kier alpha value is -3.49. The first-order valence-corrected chi connectivity index (χ1v) is 12.7. The Balaban J connectivity index is 0.000000480. The highest BCUT2D eigenvalue weighted by atomic mass is 16.6. The number of unbranched alkanes of at least 4 members (excludes halogenated alkanes) is 2. The maximum absolute atomic E-state index is 13.2. The number of hydrogen-bond acceptors (Lipinski definition) is 7.